The molecule has 138 valence electrons. The molecular weight excluding hydrogens is 352 g/mol. The van der Waals surface area contributed by atoms with Crippen LogP contribution in [0.25, 0.3) is 10.6 Å². The van der Waals surface area contributed by atoms with Crippen LogP contribution in [0.2, 0.25) is 0 Å². The summed E-state index contributed by atoms with van der Waals surface area (Å²) in [5.41, 5.74) is 1.86. The summed E-state index contributed by atoms with van der Waals surface area (Å²) in [6.45, 7) is 3.38. The van der Waals surface area contributed by atoms with Crippen molar-refractivity contribution in [3.63, 3.8) is 0 Å². The summed E-state index contributed by atoms with van der Waals surface area (Å²) in [5.74, 6) is -0.253. The minimum atomic E-state index is -0.302. The number of piperazine rings is 1. The van der Waals surface area contributed by atoms with E-state index in [-0.39, 0.29) is 25.0 Å². The summed E-state index contributed by atoms with van der Waals surface area (Å²) >= 11 is 1.37. The smallest absolute Gasteiger partial charge is 0.270 e. The molecule has 2 amide bonds. The van der Waals surface area contributed by atoms with E-state index >= 15 is 0 Å². The first-order valence-electron chi connectivity index (χ1n) is 8.51. The number of hydrogen-bond donors (Lipinski definition) is 2. The van der Waals surface area contributed by atoms with Gasteiger partial charge in [0.25, 0.3) is 11.8 Å². The highest BCUT2D eigenvalue weighted by molar-refractivity contribution is 7.13. The minimum Gasteiger partial charge on any atom is -0.395 e. The van der Waals surface area contributed by atoms with Gasteiger partial charge in [-0.3, -0.25) is 9.59 Å². The van der Waals surface area contributed by atoms with Crippen LogP contribution in [0.4, 0.5) is 0 Å². The van der Waals surface area contributed by atoms with Gasteiger partial charge in [-0.25, -0.2) is 4.98 Å². The maximum absolute atomic E-state index is 12.6. The molecule has 1 aliphatic heterocycles. The van der Waals surface area contributed by atoms with E-state index in [0.29, 0.717) is 11.3 Å². The summed E-state index contributed by atoms with van der Waals surface area (Å²) in [7, 11) is 2.06. The van der Waals surface area contributed by atoms with Gasteiger partial charge in [0, 0.05) is 49.2 Å². The lowest BCUT2D eigenvalue weighted by atomic mass is 10.1. The number of aromatic nitrogens is 1. The lowest BCUT2D eigenvalue weighted by Gasteiger charge is -2.32. The number of nitrogens with one attached hydrogen (secondary N) is 1. The molecule has 1 saturated heterocycles. The fourth-order valence-electron chi connectivity index (χ4n) is 2.72. The Morgan fingerprint density at radius 2 is 1.88 bits per heavy atom. The number of rotatable bonds is 5. The zero-order valence-corrected chi connectivity index (χ0v) is 15.5. The number of amides is 2. The van der Waals surface area contributed by atoms with Crippen LogP contribution in [-0.2, 0) is 0 Å². The van der Waals surface area contributed by atoms with Crippen molar-refractivity contribution in [3.8, 4) is 10.6 Å². The molecule has 1 fully saturated rings. The zero-order valence-electron chi connectivity index (χ0n) is 14.6. The topological polar surface area (TPSA) is 85.8 Å². The summed E-state index contributed by atoms with van der Waals surface area (Å²) in [6.07, 6.45) is 0. The number of likely N-dealkylation sites (N-methyl/N-ethyl adjacent to an activating group) is 1. The van der Waals surface area contributed by atoms with Gasteiger partial charge in [0.1, 0.15) is 10.7 Å². The van der Waals surface area contributed by atoms with Crippen molar-refractivity contribution in [2.24, 2.45) is 0 Å². The molecule has 2 N–H and O–H groups in total. The van der Waals surface area contributed by atoms with Crippen molar-refractivity contribution in [1.29, 1.82) is 0 Å². The first kappa shape index (κ1) is 18.5. The lowest BCUT2D eigenvalue weighted by Crippen LogP contribution is -2.47. The average molecular weight is 374 g/mol. The van der Waals surface area contributed by atoms with E-state index in [1.165, 1.54) is 11.3 Å². The molecule has 1 aromatic heterocycles. The Morgan fingerprint density at radius 3 is 2.54 bits per heavy atom. The number of nitrogens with zero attached hydrogens (tertiary/aromatic N) is 3. The fraction of sp³-hybridized carbons (Fsp3) is 0.389. The van der Waals surface area contributed by atoms with Crippen LogP contribution in [-0.4, -0.2) is 78.1 Å². The normalized spacial score (nSPS) is 15.1. The molecule has 1 aliphatic rings. The lowest BCUT2D eigenvalue weighted by molar-refractivity contribution is 0.0664. The molecule has 0 aliphatic carbocycles. The van der Waals surface area contributed by atoms with E-state index in [2.05, 4.69) is 22.2 Å². The first-order valence-corrected chi connectivity index (χ1v) is 9.39. The Kier molecular flexibility index (Phi) is 5.97. The summed E-state index contributed by atoms with van der Waals surface area (Å²) in [6, 6.07) is 7.33. The van der Waals surface area contributed by atoms with Crippen molar-refractivity contribution in [3.05, 3.63) is 40.9 Å². The van der Waals surface area contributed by atoms with Crippen molar-refractivity contribution >= 4 is 23.2 Å². The van der Waals surface area contributed by atoms with Crippen LogP contribution in [0.1, 0.15) is 20.8 Å². The minimum absolute atomic E-state index is 0.0489. The standard InChI is InChI=1S/C18H22N4O3S/c1-21-7-9-22(10-8-21)18(25)14-4-2-13(3-5-14)17-20-15(12-26-17)16(24)19-6-11-23/h2-5,12,23H,6-11H2,1H3,(H,19,24). The van der Waals surface area contributed by atoms with E-state index in [0.717, 1.165) is 36.8 Å². The number of hydrogen-bond acceptors (Lipinski definition) is 6. The second-order valence-electron chi connectivity index (χ2n) is 6.19. The monoisotopic (exact) mass is 374 g/mol. The number of aliphatic hydroxyl groups is 1. The van der Waals surface area contributed by atoms with Gasteiger partial charge in [-0.1, -0.05) is 12.1 Å². The number of carbonyl (C=O) groups is 2. The molecule has 0 radical (unpaired) electrons. The third-order valence-corrected chi connectivity index (χ3v) is 5.19. The number of benzene rings is 1. The highest BCUT2D eigenvalue weighted by Crippen LogP contribution is 2.24. The Labute approximate surface area is 156 Å². The van der Waals surface area contributed by atoms with E-state index in [1.807, 2.05) is 29.2 Å². The molecule has 0 unspecified atom stereocenters. The van der Waals surface area contributed by atoms with Crippen molar-refractivity contribution in [1.82, 2.24) is 20.1 Å². The number of thiazole rings is 1. The van der Waals surface area contributed by atoms with E-state index in [9.17, 15) is 9.59 Å². The first-order chi connectivity index (χ1) is 12.6. The van der Waals surface area contributed by atoms with Gasteiger partial charge in [-0.2, -0.15) is 0 Å². The van der Waals surface area contributed by atoms with Crippen LogP contribution in [0.3, 0.4) is 0 Å². The van der Waals surface area contributed by atoms with Gasteiger partial charge in [0.2, 0.25) is 0 Å². The van der Waals surface area contributed by atoms with E-state index in [1.54, 1.807) is 5.38 Å². The summed E-state index contributed by atoms with van der Waals surface area (Å²) < 4.78 is 0. The molecule has 0 spiro atoms. The predicted molar refractivity (Wildman–Crippen MR) is 100 cm³/mol. The Balaban J connectivity index is 1.67. The maximum atomic E-state index is 12.6. The molecular formula is C18H22N4O3S. The van der Waals surface area contributed by atoms with Crippen molar-refractivity contribution in [2.45, 2.75) is 0 Å². The van der Waals surface area contributed by atoms with Gasteiger partial charge in [0.15, 0.2) is 0 Å². The molecule has 8 heteroatoms. The summed E-state index contributed by atoms with van der Waals surface area (Å²) in [4.78, 5) is 32.8. The number of aliphatic hydroxyl groups excluding tert-OH is 1. The van der Waals surface area contributed by atoms with Gasteiger partial charge in [-0.05, 0) is 19.2 Å². The van der Waals surface area contributed by atoms with Gasteiger partial charge in [-0.15, -0.1) is 11.3 Å². The molecule has 1 aromatic carbocycles. The van der Waals surface area contributed by atoms with Gasteiger partial charge < -0.3 is 20.2 Å². The second kappa shape index (κ2) is 8.39. The van der Waals surface area contributed by atoms with Crippen LogP contribution in [0.5, 0.6) is 0 Å². The molecule has 0 saturated carbocycles. The van der Waals surface area contributed by atoms with Gasteiger partial charge in [0.05, 0.1) is 6.61 Å². The highest BCUT2D eigenvalue weighted by Gasteiger charge is 2.20. The summed E-state index contributed by atoms with van der Waals surface area (Å²) in [5, 5.41) is 13.7. The predicted octanol–water partition coefficient (Wildman–Crippen LogP) is 0.920. The Morgan fingerprint density at radius 1 is 1.19 bits per heavy atom. The Bertz CT molecular complexity index is 767. The van der Waals surface area contributed by atoms with Crippen LogP contribution in [0.15, 0.2) is 29.6 Å². The molecule has 0 bridgehead atoms. The zero-order chi connectivity index (χ0) is 18.5. The average Bonchev–Trinajstić information content (AvgIpc) is 3.16. The molecule has 26 heavy (non-hydrogen) atoms. The van der Waals surface area contributed by atoms with Crippen molar-refractivity contribution < 1.29 is 14.7 Å². The SMILES string of the molecule is CN1CCN(C(=O)c2ccc(-c3nc(C(=O)NCCO)cs3)cc2)CC1. The Hall–Kier alpha value is -2.29. The molecule has 7 nitrogen and oxygen atoms in total. The molecule has 2 heterocycles. The molecule has 3 rings (SSSR count). The van der Waals surface area contributed by atoms with Crippen LogP contribution in [0, 0.1) is 0 Å². The molecule has 0 atom stereocenters. The molecule has 2 aromatic rings. The third kappa shape index (κ3) is 4.27. The highest BCUT2D eigenvalue weighted by atomic mass is 32.1. The number of carbonyl (C=O) groups excluding carboxylic acids is 2. The van der Waals surface area contributed by atoms with Crippen molar-refractivity contribution in [2.75, 3.05) is 46.4 Å². The van der Waals surface area contributed by atoms with Gasteiger partial charge >= 0.3 is 0 Å². The van der Waals surface area contributed by atoms with E-state index in [4.69, 9.17) is 5.11 Å². The fourth-order valence-corrected chi connectivity index (χ4v) is 3.52. The second-order valence-corrected chi connectivity index (χ2v) is 7.05. The largest absolute Gasteiger partial charge is 0.395 e. The van der Waals surface area contributed by atoms with E-state index < -0.39 is 0 Å². The third-order valence-electron chi connectivity index (χ3n) is 4.30. The quantitative estimate of drug-likeness (QED) is 0.813. The van der Waals surface area contributed by atoms with Crippen LogP contribution < -0.4 is 5.32 Å². The maximum Gasteiger partial charge on any atom is 0.270 e. The van der Waals surface area contributed by atoms with Crippen LogP contribution >= 0.6 is 11.3 Å².